The molecule has 6 heteroatoms. The second-order valence-corrected chi connectivity index (χ2v) is 5.04. The molecule has 5 nitrogen and oxygen atoms in total. The van der Waals surface area contributed by atoms with Gasteiger partial charge in [-0.15, -0.1) is 0 Å². The number of benzene rings is 1. The van der Waals surface area contributed by atoms with Gasteiger partial charge in [0.25, 0.3) is 5.91 Å². The van der Waals surface area contributed by atoms with Crippen molar-refractivity contribution < 1.29 is 9.18 Å². The van der Waals surface area contributed by atoms with Crippen molar-refractivity contribution in [1.29, 1.82) is 0 Å². The van der Waals surface area contributed by atoms with E-state index >= 15 is 0 Å². The molecule has 22 heavy (non-hydrogen) atoms. The molecule has 3 rings (SSSR count). The van der Waals surface area contributed by atoms with Crippen LogP contribution in [-0.2, 0) is 14.1 Å². The van der Waals surface area contributed by atoms with Crippen LogP contribution in [0, 0.1) is 5.95 Å². The number of aryl methyl sites for hydroxylation is 2. The average Bonchev–Trinajstić information content (AvgIpc) is 3.03. The molecule has 0 spiro atoms. The van der Waals surface area contributed by atoms with Crippen molar-refractivity contribution in [2.24, 2.45) is 14.1 Å². The number of nitrogens with zero attached hydrogens (tertiary/aromatic N) is 3. The van der Waals surface area contributed by atoms with E-state index in [2.05, 4.69) is 10.3 Å². The molecule has 0 saturated carbocycles. The van der Waals surface area contributed by atoms with Gasteiger partial charge in [0.2, 0.25) is 0 Å². The Balaban J connectivity index is 1.85. The predicted molar refractivity (Wildman–Crippen MR) is 82.0 cm³/mol. The molecule has 3 aromatic rings. The first-order valence-electron chi connectivity index (χ1n) is 6.76. The number of aromatic nitrogens is 3. The number of amides is 1. The molecule has 0 aliphatic carbocycles. The first kappa shape index (κ1) is 14.1. The minimum absolute atomic E-state index is 0.267. The molecule has 2 aromatic heterocycles. The summed E-state index contributed by atoms with van der Waals surface area (Å²) < 4.78 is 16.2. The van der Waals surface area contributed by atoms with Crippen LogP contribution in [0.15, 0.2) is 48.8 Å². The summed E-state index contributed by atoms with van der Waals surface area (Å²) in [5, 5.41) is 2.64. The largest absolute Gasteiger partial charge is 0.329 e. The van der Waals surface area contributed by atoms with Gasteiger partial charge in [0.15, 0.2) is 11.8 Å². The molecule has 0 aliphatic heterocycles. The normalized spacial score (nSPS) is 10.7. The molecule has 0 fully saturated rings. The highest BCUT2D eigenvalue weighted by atomic mass is 19.1. The summed E-state index contributed by atoms with van der Waals surface area (Å²) >= 11 is 0. The van der Waals surface area contributed by atoms with E-state index in [4.69, 9.17) is 0 Å². The van der Waals surface area contributed by atoms with E-state index in [1.165, 1.54) is 16.8 Å². The topological polar surface area (TPSA) is 51.9 Å². The van der Waals surface area contributed by atoms with Crippen LogP contribution in [0.25, 0.3) is 11.3 Å². The van der Waals surface area contributed by atoms with E-state index in [1.54, 1.807) is 24.9 Å². The Kier molecular flexibility index (Phi) is 3.50. The number of hydrogen-bond donors (Lipinski definition) is 1. The van der Waals surface area contributed by atoms with Crippen LogP contribution in [0.4, 0.5) is 10.1 Å². The van der Waals surface area contributed by atoms with Crippen LogP contribution in [0.5, 0.6) is 0 Å². The summed E-state index contributed by atoms with van der Waals surface area (Å²) in [6.07, 6.45) is 3.30. The van der Waals surface area contributed by atoms with E-state index in [-0.39, 0.29) is 11.7 Å². The number of imidazole rings is 1. The summed E-state index contributed by atoms with van der Waals surface area (Å²) in [4.78, 5) is 16.6. The van der Waals surface area contributed by atoms with Crippen LogP contribution >= 0.6 is 0 Å². The molecule has 1 aromatic carbocycles. The summed E-state index contributed by atoms with van der Waals surface area (Å²) in [5.41, 5.74) is 2.05. The van der Waals surface area contributed by atoms with Gasteiger partial charge in [-0.05, 0) is 0 Å². The van der Waals surface area contributed by atoms with Crippen LogP contribution < -0.4 is 5.32 Å². The maximum Gasteiger partial charge on any atom is 0.291 e. The van der Waals surface area contributed by atoms with Crippen LogP contribution in [0.3, 0.4) is 0 Å². The van der Waals surface area contributed by atoms with Crippen molar-refractivity contribution >= 4 is 11.6 Å². The van der Waals surface area contributed by atoms with Gasteiger partial charge in [-0.25, -0.2) is 4.98 Å². The highest BCUT2D eigenvalue weighted by Crippen LogP contribution is 2.19. The average molecular weight is 298 g/mol. The van der Waals surface area contributed by atoms with Crippen molar-refractivity contribution in [2.45, 2.75) is 0 Å². The van der Waals surface area contributed by atoms with Gasteiger partial charge in [0.1, 0.15) is 0 Å². The molecule has 1 N–H and O–H groups in total. The van der Waals surface area contributed by atoms with Crippen molar-refractivity contribution in [3.05, 3.63) is 60.6 Å². The molecule has 2 heterocycles. The number of rotatable bonds is 3. The third-order valence-corrected chi connectivity index (χ3v) is 3.35. The maximum absolute atomic E-state index is 13.3. The monoisotopic (exact) mass is 298 g/mol. The van der Waals surface area contributed by atoms with Gasteiger partial charge in [-0.2, -0.15) is 4.39 Å². The highest BCUT2D eigenvalue weighted by molar-refractivity contribution is 6.02. The second-order valence-electron chi connectivity index (χ2n) is 5.04. The van der Waals surface area contributed by atoms with Crippen LogP contribution in [-0.4, -0.2) is 20.0 Å². The number of carbonyl (C=O) groups is 1. The molecule has 0 unspecified atom stereocenters. The van der Waals surface area contributed by atoms with Crippen molar-refractivity contribution in [3.63, 3.8) is 0 Å². The maximum atomic E-state index is 13.3. The van der Waals surface area contributed by atoms with Crippen LogP contribution in [0.2, 0.25) is 0 Å². The Morgan fingerprint density at radius 2 is 1.86 bits per heavy atom. The molecule has 0 saturated heterocycles. The zero-order chi connectivity index (χ0) is 15.7. The first-order valence-corrected chi connectivity index (χ1v) is 6.76. The minimum Gasteiger partial charge on any atom is -0.329 e. The second kappa shape index (κ2) is 5.48. The minimum atomic E-state index is -0.417. The van der Waals surface area contributed by atoms with Gasteiger partial charge in [0.05, 0.1) is 11.4 Å². The summed E-state index contributed by atoms with van der Waals surface area (Å²) in [6.45, 7) is 0. The summed E-state index contributed by atoms with van der Waals surface area (Å²) in [5.74, 6) is -0.529. The Morgan fingerprint density at radius 3 is 2.50 bits per heavy atom. The molecule has 0 aliphatic rings. The Hall–Kier alpha value is -2.89. The van der Waals surface area contributed by atoms with E-state index < -0.39 is 5.95 Å². The first-order chi connectivity index (χ1) is 10.5. The lowest BCUT2D eigenvalue weighted by Crippen LogP contribution is -2.16. The fourth-order valence-corrected chi connectivity index (χ4v) is 2.22. The zero-order valence-electron chi connectivity index (χ0n) is 12.2. The molecular weight excluding hydrogens is 283 g/mol. The highest BCUT2D eigenvalue weighted by Gasteiger charge is 2.16. The Bertz CT molecular complexity index is 801. The fraction of sp³-hybridized carbons (Fsp3) is 0.125. The van der Waals surface area contributed by atoms with Gasteiger partial charge in [-0.1, -0.05) is 30.3 Å². The third-order valence-electron chi connectivity index (χ3n) is 3.35. The Morgan fingerprint density at radius 1 is 1.14 bits per heavy atom. The SMILES string of the molecule is Cn1cc(NC(=O)c2nc(-c3ccccc3)cn2C)cc1F. The fourth-order valence-electron chi connectivity index (χ4n) is 2.22. The lowest BCUT2D eigenvalue weighted by Gasteiger charge is -2.01. The lowest BCUT2D eigenvalue weighted by atomic mass is 10.2. The molecule has 112 valence electrons. The molecule has 0 bridgehead atoms. The van der Waals surface area contributed by atoms with E-state index in [1.807, 2.05) is 30.3 Å². The number of anilines is 1. The summed E-state index contributed by atoms with van der Waals surface area (Å²) in [7, 11) is 3.32. The van der Waals surface area contributed by atoms with Crippen molar-refractivity contribution in [2.75, 3.05) is 5.32 Å². The standard InChI is InChI=1S/C16H15FN4O/c1-20-9-12(8-14(20)17)18-16(22)15-19-13(10-21(15)2)11-6-4-3-5-7-11/h3-10H,1-2H3,(H,18,22). The number of nitrogens with one attached hydrogen (secondary N) is 1. The third kappa shape index (κ3) is 2.63. The lowest BCUT2D eigenvalue weighted by molar-refractivity contribution is 0.101. The van der Waals surface area contributed by atoms with E-state index in [9.17, 15) is 9.18 Å². The summed E-state index contributed by atoms with van der Waals surface area (Å²) in [6, 6.07) is 10.9. The number of hydrogen-bond acceptors (Lipinski definition) is 2. The van der Waals surface area contributed by atoms with Gasteiger partial charge < -0.3 is 14.5 Å². The van der Waals surface area contributed by atoms with E-state index in [0.29, 0.717) is 11.4 Å². The molecule has 1 amide bonds. The Labute approximate surface area is 127 Å². The number of halogens is 1. The molecule has 0 atom stereocenters. The van der Waals surface area contributed by atoms with Gasteiger partial charge >= 0.3 is 0 Å². The van der Waals surface area contributed by atoms with Crippen molar-refractivity contribution in [3.8, 4) is 11.3 Å². The van der Waals surface area contributed by atoms with E-state index in [0.717, 1.165) is 5.56 Å². The quantitative estimate of drug-likeness (QED) is 0.808. The van der Waals surface area contributed by atoms with Crippen molar-refractivity contribution in [1.82, 2.24) is 14.1 Å². The predicted octanol–water partition coefficient (Wildman–Crippen LogP) is 2.82. The van der Waals surface area contributed by atoms with Crippen LogP contribution in [0.1, 0.15) is 10.6 Å². The number of carbonyl (C=O) groups excluding carboxylic acids is 1. The van der Waals surface area contributed by atoms with Gasteiger partial charge in [0, 0.05) is 38.1 Å². The smallest absolute Gasteiger partial charge is 0.291 e. The van der Waals surface area contributed by atoms with Gasteiger partial charge in [-0.3, -0.25) is 4.79 Å². The zero-order valence-corrected chi connectivity index (χ0v) is 12.2. The molecular formula is C16H15FN4O. The molecule has 0 radical (unpaired) electrons.